The molecule has 0 aromatic heterocycles. The zero-order chi connectivity index (χ0) is 18.6. The first kappa shape index (κ1) is 18.5. The number of rotatable bonds is 6. The standard InChI is InChI=1S/C20H24N2O3S/c1-26(24,25)21-18-10-5-9-17(15-18)20(23)22-14-6-11-19(22)13-12-16-7-3-2-4-8-16/h2-5,7-10,15,19,21H,6,11-14H2,1H3/t19-/m1/s1. The molecule has 0 spiro atoms. The first-order valence-corrected chi connectivity index (χ1v) is 10.7. The lowest BCUT2D eigenvalue weighted by atomic mass is 10.0. The number of likely N-dealkylation sites (tertiary alicyclic amines) is 1. The largest absolute Gasteiger partial charge is 0.336 e. The van der Waals surface area contributed by atoms with Gasteiger partial charge in [-0.25, -0.2) is 8.42 Å². The molecule has 0 aliphatic carbocycles. The van der Waals surface area contributed by atoms with E-state index in [1.807, 2.05) is 23.1 Å². The van der Waals surface area contributed by atoms with Crippen LogP contribution >= 0.6 is 0 Å². The maximum Gasteiger partial charge on any atom is 0.254 e. The van der Waals surface area contributed by atoms with Crippen LogP contribution in [0.25, 0.3) is 0 Å². The molecule has 1 N–H and O–H groups in total. The number of nitrogens with one attached hydrogen (secondary N) is 1. The Bertz CT molecular complexity index is 866. The Hall–Kier alpha value is -2.34. The lowest BCUT2D eigenvalue weighted by Gasteiger charge is -2.25. The van der Waals surface area contributed by atoms with E-state index in [0.717, 1.165) is 38.5 Å². The number of hydrogen-bond donors (Lipinski definition) is 1. The highest BCUT2D eigenvalue weighted by molar-refractivity contribution is 7.92. The summed E-state index contributed by atoms with van der Waals surface area (Å²) in [6.07, 6.45) is 5.01. The Labute approximate surface area is 155 Å². The molecule has 6 heteroatoms. The third-order valence-electron chi connectivity index (χ3n) is 4.66. The number of carbonyl (C=O) groups excluding carboxylic acids is 1. The van der Waals surface area contributed by atoms with Gasteiger partial charge in [-0.3, -0.25) is 9.52 Å². The third kappa shape index (κ3) is 4.85. The van der Waals surface area contributed by atoms with Crippen LogP contribution < -0.4 is 4.72 Å². The van der Waals surface area contributed by atoms with E-state index >= 15 is 0 Å². The quantitative estimate of drug-likeness (QED) is 0.846. The molecule has 1 heterocycles. The van der Waals surface area contributed by atoms with Crippen molar-refractivity contribution in [3.63, 3.8) is 0 Å². The summed E-state index contributed by atoms with van der Waals surface area (Å²) in [5.41, 5.74) is 2.22. The first-order chi connectivity index (χ1) is 12.4. The van der Waals surface area contributed by atoms with Crippen LogP contribution in [0.15, 0.2) is 54.6 Å². The molecule has 138 valence electrons. The Morgan fingerprint density at radius 3 is 2.65 bits per heavy atom. The van der Waals surface area contributed by atoms with Crippen LogP contribution in [0.3, 0.4) is 0 Å². The highest BCUT2D eigenvalue weighted by Gasteiger charge is 2.29. The van der Waals surface area contributed by atoms with Gasteiger partial charge in [-0.05, 0) is 49.4 Å². The van der Waals surface area contributed by atoms with Crippen LogP contribution in [-0.2, 0) is 16.4 Å². The smallest absolute Gasteiger partial charge is 0.254 e. The highest BCUT2D eigenvalue weighted by atomic mass is 32.2. The Kier molecular flexibility index (Phi) is 5.61. The van der Waals surface area contributed by atoms with Gasteiger partial charge in [0.25, 0.3) is 5.91 Å². The fourth-order valence-electron chi connectivity index (χ4n) is 3.48. The van der Waals surface area contributed by atoms with E-state index in [1.165, 1.54) is 5.56 Å². The molecule has 0 radical (unpaired) electrons. The van der Waals surface area contributed by atoms with Crippen LogP contribution in [0.1, 0.15) is 35.2 Å². The van der Waals surface area contributed by atoms with E-state index in [-0.39, 0.29) is 11.9 Å². The maximum absolute atomic E-state index is 12.9. The van der Waals surface area contributed by atoms with Gasteiger partial charge < -0.3 is 4.90 Å². The molecule has 0 unspecified atom stereocenters. The Morgan fingerprint density at radius 2 is 1.92 bits per heavy atom. The van der Waals surface area contributed by atoms with Crippen molar-refractivity contribution in [2.45, 2.75) is 31.7 Å². The molecule has 1 aliphatic rings. The number of benzene rings is 2. The topological polar surface area (TPSA) is 66.5 Å². The number of carbonyl (C=O) groups is 1. The minimum absolute atomic E-state index is 0.0299. The summed E-state index contributed by atoms with van der Waals surface area (Å²) >= 11 is 0. The molecule has 1 fully saturated rings. The SMILES string of the molecule is CS(=O)(=O)Nc1cccc(C(=O)N2CCC[C@@H]2CCc2ccccc2)c1. The van der Waals surface area contributed by atoms with Gasteiger partial charge in [-0.1, -0.05) is 36.4 Å². The molecule has 3 rings (SSSR count). The molecular formula is C20H24N2O3S. The van der Waals surface area contributed by atoms with Crippen LogP contribution in [0.5, 0.6) is 0 Å². The van der Waals surface area contributed by atoms with Crippen molar-refractivity contribution in [1.29, 1.82) is 0 Å². The number of sulfonamides is 1. The van der Waals surface area contributed by atoms with Crippen LogP contribution in [-0.4, -0.2) is 38.1 Å². The summed E-state index contributed by atoms with van der Waals surface area (Å²) in [5.74, 6) is -0.0299. The molecule has 2 aromatic rings. The molecule has 2 aromatic carbocycles. The fourth-order valence-corrected chi connectivity index (χ4v) is 4.03. The second-order valence-electron chi connectivity index (χ2n) is 6.77. The predicted molar refractivity (Wildman–Crippen MR) is 104 cm³/mol. The summed E-state index contributed by atoms with van der Waals surface area (Å²) in [4.78, 5) is 14.9. The third-order valence-corrected chi connectivity index (χ3v) is 5.27. The van der Waals surface area contributed by atoms with Crippen LogP contribution in [0.4, 0.5) is 5.69 Å². The monoisotopic (exact) mass is 372 g/mol. The van der Waals surface area contributed by atoms with Gasteiger partial charge in [-0.2, -0.15) is 0 Å². The molecule has 0 saturated carbocycles. The van der Waals surface area contributed by atoms with Gasteiger partial charge in [0, 0.05) is 23.8 Å². The maximum atomic E-state index is 12.9. The molecule has 5 nitrogen and oxygen atoms in total. The molecule has 1 saturated heterocycles. The predicted octanol–water partition coefficient (Wildman–Crippen LogP) is 3.30. The molecule has 1 atom stereocenters. The Balaban J connectivity index is 1.69. The molecular weight excluding hydrogens is 348 g/mol. The summed E-state index contributed by atoms with van der Waals surface area (Å²) in [6.45, 7) is 0.752. The number of amides is 1. The second-order valence-corrected chi connectivity index (χ2v) is 8.52. The van der Waals surface area contributed by atoms with E-state index in [9.17, 15) is 13.2 Å². The van der Waals surface area contributed by atoms with Gasteiger partial charge in [0.1, 0.15) is 0 Å². The van der Waals surface area contributed by atoms with Crippen molar-refractivity contribution in [2.75, 3.05) is 17.5 Å². The van der Waals surface area contributed by atoms with Gasteiger partial charge in [0.15, 0.2) is 0 Å². The number of anilines is 1. The van der Waals surface area contributed by atoms with E-state index in [0.29, 0.717) is 11.3 Å². The average molecular weight is 372 g/mol. The van der Waals surface area contributed by atoms with E-state index in [4.69, 9.17) is 0 Å². The van der Waals surface area contributed by atoms with Crippen molar-refractivity contribution >= 4 is 21.6 Å². The highest BCUT2D eigenvalue weighted by Crippen LogP contribution is 2.25. The summed E-state index contributed by atoms with van der Waals surface area (Å²) in [6, 6.07) is 17.2. The average Bonchev–Trinajstić information content (AvgIpc) is 3.07. The van der Waals surface area contributed by atoms with Gasteiger partial charge in [-0.15, -0.1) is 0 Å². The van der Waals surface area contributed by atoms with Gasteiger partial charge in [0.05, 0.1) is 6.26 Å². The molecule has 1 amide bonds. The van der Waals surface area contributed by atoms with Crippen LogP contribution in [0.2, 0.25) is 0 Å². The van der Waals surface area contributed by atoms with E-state index in [1.54, 1.807) is 24.3 Å². The number of hydrogen-bond acceptors (Lipinski definition) is 3. The van der Waals surface area contributed by atoms with E-state index in [2.05, 4.69) is 16.9 Å². The zero-order valence-electron chi connectivity index (χ0n) is 14.9. The van der Waals surface area contributed by atoms with Crippen molar-refractivity contribution in [3.8, 4) is 0 Å². The van der Waals surface area contributed by atoms with Crippen molar-refractivity contribution < 1.29 is 13.2 Å². The van der Waals surface area contributed by atoms with Crippen molar-refractivity contribution in [3.05, 3.63) is 65.7 Å². The van der Waals surface area contributed by atoms with Gasteiger partial charge >= 0.3 is 0 Å². The number of aryl methyl sites for hydroxylation is 1. The zero-order valence-corrected chi connectivity index (χ0v) is 15.7. The first-order valence-electron chi connectivity index (χ1n) is 8.85. The summed E-state index contributed by atoms with van der Waals surface area (Å²) in [5, 5.41) is 0. The minimum Gasteiger partial charge on any atom is -0.336 e. The second kappa shape index (κ2) is 7.91. The van der Waals surface area contributed by atoms with Crippen LogP contribution in [0, 0.1) is 0 Å². The Morgan fingerprint density at radius 1 is 1.15 bits per heavy atom. The molecule has 0 bridgehead atoms. The molecule has 26 heavy (non-hydrogen) atoms. The molecule has 1 aliphatic heterocycles. The minimum atomic E-state index is -3.36. The lowest BCUT2D eigenvalue weighted by Crippen LogP contribution is -2.35. The fraction of sp³-hybridized carbons (Fsp3) is 0.350. The lowest BCUT2D eigenvalue weighted by molar-refractivity contribution is 0.0730. The summed E-state index contributed by atoms with van der Waals surface area (Å²) in [7, 11) is -3.36. The number of nitrogens with zero attached hydrogens (tertiary/aromatic N) is 1. The van der Waals surface area contributed by atoms with Crippen molar-refractivity contribution in [2.24, 2.45) is 0 Å². The normalized spacial score (nSPS) is 17.3. The van der Waals surface area contributed by atoms with Crippen molar-refractivity contribution in [1.82, 2.24) is 4.90 Å². The summed E-state index contributed by atoms with van der Waals surface area (Å²) < 4.78 is 25.2. The van der Waals surface area contributed by atoms with Gasteiger partial charge in [0.2, 0.25) is 10.0 Å². The van der Waals surface area contributed by atoms with E-state index < -0.39 is 10.0 Å².